The molecule has 2 aromatic rings. The summed E-state index contributed by atoms with van der Waals surface area (Å²) >= 11 is 0. The highest BCUT2D eigenvalue weighted by molar-refractivity contribution is 5.73. The van der Waals surface area contributed by atoms with E-state index in [1.165, 1.54) is 5.56 Å². The Balaban J connectivity index is 2.39. The summed E-state index contributed by atoms with van der Waals surface area (Å²) in [6, 6.07) is 8.20. The second-order valence-corrected chi connectivity index (χ2v) is 4.20. The predicted octanol–water partition coefficient (Wildman–Crippen LogP) is 2.99. The van der Waals surface area contributed by atoms with Crippen LogP contribution in [-0.4, -0.2) is 9.97 Å². The van der Waals surface area contributed by atoms with E-state index >= 15 is 0 Å². The Kier molecular flexibility index (Phi) is 3.38. The van der Waals surface area contributed by atoms with Gasteiger partial charge in [-0.15, -0.1) is 0 Å². The lowest BCUT2D eigenvalue weighted by Crippen LogP contribution is -2.01. The third kappa shape index (κ3) is 2.61. The molecule has 0 saturated heterocycles. The standard InChI is InChI=1S/C14H17N3/c1-3-5-13-16-9-12(14(15)17-13)11-7-4-6-10(2)8-11/h4,6-9H,3,5H2,1-2H3,(H2,15,16,17). The van der Waals surface area contributed by atoms with Crippen molar-refractivity contribution in [2.75, 3.05) is 5.73 Å². The van der Waals surface area contributed by atoms with Gasteiger partial charge in [0.05, 0.1) is 0 Å². The Morgan fingerprint density at radius 1 is 1.29 bits per heavy atom. The van der Waals surface area contributed by atoms with Crippen LogP contribution in [0.25, 0.3) is 11.1 Å². The second kappa shape index (κ2) is 4.95. The van der Waals surface area contributed by atoms with Gasteiger partial charge in [0, 0.05) is 18.2 Å². The molecular formula is C14H17N3. The Morgan fingerprint density at radius 3 is 2.76 bits per heavy atom. The summed E-state index contributed by atoms with van der Waals surface area (Å²) in [4.78, 5) is 8.68. The van der Waals surface area contributed by atoms with Crippen molar-refractivity contribution < 1.29 is 0 Å². The molecule has 0 bridgehead atoms. The van der Waals surface area contributed by atoms with Crippen LogP contribution in [0.3, 0.4) is 0 Å². The molecule has 0 aliphatic rings. The molecule has 0 amide bonds. The maximum absolute atomic E-state index is 5.98. The van der Waals surface area contributed by atoms with Crippen LogP contribution in [0.2, 0.25) is 0 Å². The highest BCUT2D eigenvalue weighted by Gasteiger charge is 2.06. The Bertz CT molecular complexity index is 521. The van der Waals surface area contributed by atoms with Crippen molar-refractivity contribution >= 4 is 5.82 Å². The van der Waals surface area contributed by atoms with Gasteiger partial charge in [0.2, 0.25) is 0 Å². The van der Waals surface area contributed by atoms with Crippen molar-refractivity contribution in [2.24, 2.45) is 0 Å². The third-order valence-electron chi connectivity index (χ3n) is 2.67. The van der Waals surface area contributed by atoms with Gasteiger partial charge in [-0.2, -0.15) is 0 Å². The quantitative estimate of drug-likeness (QED) is 0.877. The van der Waals surface area contributed by atoms with E-state index in [1.807, 2.05) is 18.3 Å². The molecule has 0 fully saturated rings. The number of benzene rings is 1. The summed E-state index contributed by atoms with van der Waals surface area (Å²) in [6.45, 7) is 4.17. The van der Waals surface area contributed by atoms with Crippen LogP contribution < -0.4 is 5.73 Å². The first-order chi connectivity index (χ1) is 8.20. The molecule has 0 atom stereocenters. The van der Waals surface area contributed by atoms with Crippen molar-refractivity contribution in [1.82, 2.24) is 9.97 Å². The van der Waals surface area contributed by atoms with Gasteiger partial charge < -0.3 is 5.73 Å². The molecule has 0 spiro atoms. The monoisotopic (exact) mass is 227 g/mol. The van der Waals surface area contributed by atoms with Gasteiger partial charge in [0.25, 0.3) is 0 Å². The molecule has 1 aromatic heterocycles. The normalized spacial score (nSPS) is 10.5. The third-order valence-corrected chi connectivity index (χ3v) is 2.67. The molecule has 3 heteroatoms. The lowest BCUT2D eigenvalue weighted by atomic mass is 10.1. The minimum atomic E-state index is 0.564. The molecular weight excluding hydrogens is 210 g/mol. The van der Waals surface area contributed by atoms with Crippen molar-refractivity contribution in [3.63, 3.8) is 0 Å². The van der Waals surface area contributed by atoms with Crippen LogP contribution in [0, 0.1) is 6.92 Å². The summed E-state index contributed by atoms with van der Waals surface area (Å²) in [5.74, 6) is 1.38. The van der Waals surface area contributed by atoms with Gasteiger partial charge in [0.15, 0.2) is 0 Å². The minimum absolute atomic E-state index is 0.564. The number of hydrogen-bond acceptors (Lipinski definition) is 3. The first-order valence-electron chi connectivity index (χ1n) is 5.89. The van der Waals surface area contributed by atoms with Gasteiger partial charge >= 0.3 is 0 Å². The first kappa shape index (κ1) is 11.6. The molecule has 3 nitrogen and oxygen atoms in total. The predicted molar refractivity (Wildman–Crippen MR) is 70.6 cm³/mol. The fourth-order valence-electron chi connectivity index (χ4n) is 1.81. The summed E-state index contributed by atoms with van der Waals surface area (Å²) in [6.07, 6.45) is 3.73. The lowest BCUT2D eigenvalue weighted by molar-refractivity contribution is 0.838. The van der Waals surface area contributed by atoms with E-state index in [9.17, 15) is 0 Å². The SMILES string of the molecule is CCCc1ncc(-c2cccc(C)c2)c(N)n1. The Hall–Kier alpha value is -1.90. The van der Waals surface area contributed by atoms with E-state index < -0.39 is 0 Å². The molecule has 88 valence electrons. The van der Waals surface area contributed by atoms with E-state index in [2.05, 4.69) is 35.9 Å². The zero-order valence-electron chi connectivity index (χ0n) is 10.3. The van der Waals surface area contributed by atoms with Crippen LogP contribution in [0.15, 0.2) is 30.5 Å². The molecule has 0 aliphatic heterocycles. The molecule has 0 unspecified atom stereocenters. The van der Waals surface area contributed by atoms with Crippen LogP contribution in [-0.2, 0) is 6.42 Å². The average Bonchev–Trinajstić information content (AvgIpc) is 2.29. The van der Waals surface area contributed by atoms with Crippen molar-refractivity contribution in [3.05, 3.63) is 41.9 Å². The van der Waals surface area contributed by atoms with Crippen molar-refractivity contribution in [1.29, 1.82) is 0 Å². The fourth-order valence-corrected chi connectivity index (χ4v) is 1.81. The number of aryl methyl sites for hydroxylation is 2. The number of hydrogen-bond donors (Lipinski definition) is 1. The molecule has 1 aromatic carbocycles. The van der Waals surface area contributed by atoms with E-state index in [4.69, 9.17) is 5.73 Å². The second-order valence-electron chi connectivity index (χ2n) is 4.20. The van der Waals surface area contributed by atoms with Crippen molar-refractivity contribution in [2.45, 2.75) is 26.7 Å². The summed E-state index contributed by atoms with van der Waals surface area (Å²) in [5.41, 5.74) is 9.18. The minimum Gasteiger partial charge on any atom is -0.383 e. The van der Waals surface area contributed by atoms with Crippen LogP contribution in [0.5, 0.6) is 0 Å². The van der Waals surface area contributed by atoms with E-state index in [0.717, 1.165) is 29.8 Å². The Morgan fingerprint density at radius 2 is 2.12 bits per heavy atom. The maximum atomic E-state index is 5.98. The number of rotatable bonds is 3. The summed E-state index contributed by atoms with van der Waals surface area (Å²) < 4.78 is 0. The number of nitrogen functional groups attached to an aromatic ring is 1. The molecule has 0 saturated carbocycles. The van der Waals surface area contributed by atoms with E-state index in [-0.39, 0.29) is 0 Å². The van der Waals surface area contributed by atoms with Gasteiger partial charge in [-0.3, -0.25) is 0 Å². The van der Waals surface area contributed by atoms with Gasteiger partial charge in [-0.1, -0.05) is 36.8 Å². The topological polar surface area (TPSA) is 51.8 Å². The molecule has 17 heavy (non-hydrogen) atoms. The Labute approximate surface area is 102 Å². The van der Waals surface area contributed by atoms with E-state index in [1.54, 1.807) is 0 Å². The van der Waals surface area contributed by atoms with E-state index in [0.29, 0.717) is 5.82 Å². The molecule has 1 heterocycles. The molecule has 2 N–H and O–H groups in total. The fraction of sp³-hybridized carbons (Fsp3) is 0.286. The zero-order valence-corrected chi connectivity index (χ0v) is 10.3. The number of nitrogens with two attached hydrogens (primary N) is 1. The zero-order chi connectivity index (χ0) is 12.3. The summed E-state index contributed by atoms with van der Waals surface area (Å²) in [5, 5.41) is 0. The highest BCUT2D eigenvalue weighted by Crippen LogP contribution is 2.24. The largest absolute Gasteiger partial charge is 0.383 e. The van der Waals surface area contributed by atoms with Crippen LogP contribution >= 0.6 is 0 Å². The number of nitrogens with zero attached hydrogens (tertiary/aromatic N) is 2. The van der Waals surface area contributed by atoms with Gasteiger partial charge in [0.1, 0.15) is 11.6 Å². The van der Waals surface area contributed by atoms with Gasteiger partial charge in [-0.05, 0) is 18.9 Å². The number of anilines is 1. The smallest absolute Gasteiger partial charge is 0.135 e. The van der Waals surface area contributed by atoms with Crippen molar-refractivity contribution in [3.8, 4) is 11.1 Å². The number of aromatic nitrogens is 2. The van der Waals surface area contributed by atoms with Crippen LogP contribution in [0.4, 0.5) is 5.82 Å². The lowest BCUT2D eigenvalue weighted by Gasteiger charge is -2.07. The average molecular weight is 227 g/mol. The summed E-state index contributed by atoms with van der Waals surface area (Å²) in [7, 11) is 0. The highest BCUT2D eigenvalue weighted by atomic mass is 14.9. The van der Waals surface area contributed by atoms with Crippen LogP contribution in [0.1, 0.15) is 24.7 Å². The molecule has 0 radical (unpaired) electrons. The van der Waals surface area contributed by atoms with Gasteiger partial charge in [-0.25, -0.2) is 9.97 Å². The first-order valence-corrected chi connectivity index (χ1v) is 5.89. The molecule has 2 rings (SSSR count). The molecule has 0 aliphatic carbocycles. The maximum Gasteiger partial charge on any atom is 0.135 e.